The van der Waals surface area contributed by atoms with Crippen LogP contribution in [-0.4, -0.2) is 20.7 Å². The highest BCUT2D eigenvalue weighted by molar-refractivity contribution is 6.40. The Morgan fingerprint density at radius 1 is 0.852 bits per heavy atom. The Morgan fingerprint density at radius 3 is 2.26 bits per heavy atom. The van der Waals surface area contributed by atoms with Gasteiger partial charge in [-0.3, -0.25) is 4.98 Å². The lowest BCUT2D eigenvalue weighted by molar-refractivity contribution is 0.464. The molecule has 1 aliphatic rings. The van der Waals surface area contributed by atoms with Gasteiger partial charge in [0.25, 0.3) is 0 Å². The van der Waals surface area contributed by atoms with Gasteiger partial charge in [0.1, 0.15) is 0 Å². The minimum atomic E-state index is -0.753. The Labute approximate surface area is 165 Å². The fraction of sp³-hybridized carbons (Fsp3) is 0.292. The highest BCUT2D eigenvalue weighted by Gasteiger charge is 2.34. The van der Waals surface area contributed by atoms with E-state index in [1.807, 2.05) is 30.5 Å². The standard InChI is InChI=1S/C24H23B2N/c1-17-7-10-22(15-17)24(25,26)21-11-8-18(9-12-21)20-13-14-27-23(16-20)19-5-3-2-4-6-19/h2-6,8-9,11-14,16-17,22H,7,10,15H2,1H3. The van der Waals surface area contributed by atoms with Crippen molar-refractivity contribution in [2.75, 3.05) is 0 Å². The number of hydrogen-bond donors (Lipinski definition) is 0. The first kappa shape index (κ1) is 18.1. The number of rotatable bonds is 4. The molecule has 4 rings (SSSR count). The lowest BCUT2D eigenvalue weighted by atomic mass is 9.45. The minimum Gasteiger partial charge on any atom is -0.256 e. The molecule has 2 unspecified atom stereocenters. The Balaban J connectivity index is 1.59. The average Bonchev–Trinajstić information content (AvgIpc) is 3.16. The average molecular weight is 347 g/mol. The molecular weight excluding hydrogens is 324 g/mol. The zero-order valence-electron chi connectivity index (χ0n) is 15.8. The number of nitrogens with zero attached hydrogens (tertiary/aromatic N) is 1. The van der Waals surface area contributed by atoms with Gasteiger partial charge in [-0.15, -0.1) is 0 Å². The predicted molar refractivity (Wildman–Crippen MR) is 115 cm³/mol. The second-order valence-corrected chi connectivity index (χ2v) is 7.92. The van der Waals surface area contributed by atoms with Gasteiger partial charge in [-0.2, -0.15) is 0 Å². The van der Waals surface area contributed by atoms with Crippen molar-refractivity contribution in [3.05, 3.63) is 78.5 Å². The van der Waals surface area contributed by atoms with Crippen molar-refractivity contribution in [1.29, 1.82) is 0 Å². The second-order valence-electron chi connectivity index (χ2n) is 7.92. The molecule has 0 aliphatic heterocycles. The molecule has 1 fully saturated rings. The third kappa shape index (κ3) is 3.74. The summed E-state index contributed by atoms with van der Waals surface area (Å²) in [6, 6.07) is 22.8. The summed E-state index contributed by atoms with van der Waals surface area (Å²) in [6.45, 7) is 2.28. The number of aromatic nitrogens is 1. The van der Waals surface area contributed by atoms with Crippen LogP contribution in [0.25, 0.3) is 22.4 Å². The zero-order valence-corrected chi connectivity index (χ0v) is 15.8. The lowest BCUT2D eigenvalue weighted by Crippen LogP contribution is -2.35. The Kier molecular flexibility index (Phi) is 4.95. The van der Waals surface area contributed by atoms with E-state index < -0.39 is 5.21 Å². The summed E-state index contributed by atoms with van der Waals surface area (Å²) in [6.07, 6.45) is 5.31. The summed E-state index contributed by atoms with van der Waals surface area (Å²) in [7, 11) is 13.1. The van der Waals surface area contributed by atoms with E-state index in [0.29, 0.717) is 11.8 Å². The van der Waals surface area contributed by atoms with Crippen LogP contribution in [0.5, 0.6) is 0 Å². The minimum absolute atomic E-state index is 0.351. The summed E-state index contributed by atoms with van der Waals surface area (Å²) < 4.78 is 0. The van der Waals surface area contributed by atoms with E-state index in [9.17, 15) is 0 Å². The van der Waals surface area contributed by atoms with Crippen LogP contribution in [-0.2, 0) is 5.21 Å². The van der Waals surface area contributed by atoms with Gasteiger partial charge in [0.2, 0.25) is 0 Å². The predicted octanol–water partition coefficient (Wildman–Crippen LogP) is 5.34. The molecule has 1 aliphatic carbocycles. The van der Waals surface area contributed by atoms with Crippen LogP contribution in [0.1, 0.15) is 31.7 Å². The molecule has 0 saturated heterocycles. The van der Waals surface area contributed by atoms with Crippen molar-refractivity contribution >= 4 is 15.7 Å². The first-order valence-corrected chi connectivity index (χ1v) is 9.74. The maximum atomic E-state index is 6.56. The van der Waals surface area contributed by atoms with Crippen LogP contribution in [0.15, 0.2) is 72.9 Å². The van der Waals surface area contributed by atoms with E-state index in [1.54, 1.807) is 0 Å². The highest BCUT2D eigenvalue weighted by atomic mass is 14.7. The summed E-state index contributed by atoms with van der Waals surface area (Å²) in [5.74, 6) is 1.07. The van der Waals surface area contributed by atoms with Gasteiger partial charge in [0.05, 0.1) is 21.4 Å². The van der Waals surface area contributed by atoms with E-state index >= 15 is 0 Å². The number of hydrogen-bond acceptors (Lipinski definition) is 1. The van der Waals surface area contributed by atoms with Gasteiger partial charge in [0, 0.05) is 11.8 Å². The van der Waals surface area contributed by atoms with Crippen LogP contribution in [0.4, 0.5) is 0 Å². The molecule has 1 heterocycles. The molecule has 2 atom stereocenters. The van der Waals surface area contributed by atoms with Crippen LogP contribution in [0, 0.1) is 11.8 Å². The Bertz CT molecular complexity index is 903. The second kappa shape index (κ2) is 7.38. The van der Waals surface area contributed by atoms with Crippen molar-refractivity contribution in [2.24, 2.45) is 11.8 Å². The van der Waals surface area contributed by atoms with Gasteiger partial charge < -0.3 is 0 Å². The molecular formula is C24H23B2N. The molecule has 0 bridgehead atoms. The summed E-state index contributed by atoms with van der Waals surface area (Å²) in [5.41, 5.74) is 5.40. The first-order valence-electron chi connectivity index (χ1n) is 9.74. The number of benzene rings is 2. The smallest absolute Gasteiger partial charge is 0.0708 e. The molecule has 1 saturated carbocycles. The molecule has 130 valence electrons. The van der Waals surface area contributed by atoms with Gasteiger partial charge in [-0.25, -0.2) is 0 Å². The van der Waals surface area contributed by atoms with Gasteiger partial charge in [-0.1, -0.05) is 85.1 Å². The zero-order chi connectivity index (χ0) is 18.9. The maximum Gasteiger partial charge on any atom is 0.0708 e. The monoisotopic (exact) mass is 347 g/mol. The lowest BCUT2D eigenvalue weighted by Gasteiger charge is -2.34. The van der Waals surface area contributed by atoms with E-state index in [2.05, 4.69) is 54.4 Å². The topological polar surface area (TPSA) is 12.9 Å². The third-order valence-electron chi connectivity index (χ3n) is 5.92. The molecule has 3 aromatic rings. The van der Waals surface area contributed by atoms with Crippen molar-refractivity contribution in [1.82, 2.24) is 4.98 Å². The molecule has 0 amide bonds. The summed E-state index contributed by atoms with van der Waals surface area (Å²) in [4.78, 5) is 4.51. The maximum absolute atomic E-state index is 6.56. The van der Waals surface area contributed by atoms with Crippen LogP contribution in [0.3, 0.4) is 0 Å². The van der Waals surface area contributed by atoms with Crippen molar-refractivity contribution in [2.45, 2.75) is 31.4 Å². The molecule has 2 aromatic carbocycles. The van der Waals surface area contributed by atoms with Gasteiger partial charge >= 0.3 is 0 Å². The van der Waals surface area contributed by atoms with Crippen LogP contribution >= 0.6 is 0 Å². The number of pyridine rings is 1. The fourth-order valence-electron chi connectivity index (χ4n) is 4.20. The van der Waals surface area contributed by atoms with Crippen molar-refractivity contribution < 1.29 is 0 Å². The highest BCUT2D eigenvalue weighted by Crippen LogP contribution is 2.41. The van der Waals surface area contributed by atoms with Crippen molar-refractivity contribution in [3.63, 3.8) is 0 Å². The molecule has 27 heavy (non-hydrogen) atoms. The summed E-state index contributed by atoms with van der Waals surface area (Å²) >= 11 is 0. The largest absolute Gasteiger partial charge is 0.256 e. The molecule has 4 radical (unpaired) electrons. The van der Waals surface area contributed by atoms with Crippen molar-refractivity contribution in [3.8, 4) is 22.4 Å². The SMILES string of the molecule is [B]C([B])(c1ccc(-c2ccnc(-c3ccccc3)c2)cc1)C1CCC(C)C1. The first-order chi connectivity index (χ1) is 13.0. The Hall–Kier alpha value is -2.28. The van der Waals surface area contributed by atoms with Crippen LogP contribution < -0.4 is 0 Å². The summed E-state index contributed by atoms with van der Waals surface area (Å²) in [5, 5.41) is -0.753. The molecule has 1 nitrogen and oxygen atoms in total. The van der Waals surface area contributed by atoms with E-state index in [0.717, 1.165) is 40.8 Å². The molecule has 0 spiro atoms. The fourth-order valence-corrected chi connectivity index (χ4v) is 4.20. The van der Waals surface area contributed by atoms with E-state index in [4.69, 9.17) is 15.7 Å². The Morgan fingerprint density at radius 2 is 1.59 bits per heavy atom. The van der Waals surface area contributed by atoms with Gasteiger partial charge in [0.15, 0.2) is 0 Å². The normalized spacial score (nSPS) is 19.9. The third-order valence-corrected chi connectivity index (χ3v) is 5.92. The quantitative estimate of drug-likeness (QED) is 0.581. The molecule has 0 N–H and O–H groups in total. The molecule has 3 heteroatoms. The molecule has 1 aromatic heterocycles. The van der Waals surface area contributed by atoms with E-state index in [-0.39, 0.29) is 0 Å². The van der Waals surface area contributed by atoms with E-state index in [1.165, 1.54) is 6.42 Å². The van der Waals surface area contributed by atoms with Crippen LogP contribution in [0.2, 0.25) is 0 Å². The van der Waals surface area contributed by atoms with Gasteiger partial charge in [-0.05, 0) is 41.5 Å².